The van der Waals surface area contributed by atoms with Crippen molar-refractivity contribution in [2.24, 2.45) is 5.73 Å². The summed E-state index contributed by atoms with van der Waals surface area (Å²) < 4.78 is 0. The fourth-order valence-electron chi connectivity index (χ4n) is 1.25. The molecule has 4 heteroatoms. The van der Waals surface area contributed by atoms with Crippen molar-refractivity contribution in [3.8, 4) is 0 Å². The lowest BCUT2D eigenvalue weighted by molar-refractivity contribution is -0.137. The molecule has 1 amide bonds. The topological polar surface area (TPSA) is 58.4 Å². The van der Waals surface area contributed by atoms with Gasteiger partial charge in [0, 0.05) is 13.1 Å². The van der Waals surface area contributed by atoms with Gasteiger partial charge in [-0.25, -0.2) is 0 Å². The van der Waals surface area contributed by atoms with Gasteiger partial charge < -0.3 is 16.0 Å². The van der Waals surface area contributed by atoms with Crippen molar-refractivity contribution in [2.45, 2.75) is 26.1 Å². The van der Waals surface area contributed by atoms with Crippen LogP contribution in [0.5, 0.6) is 0 Å². The summed E-state index contributed by atoms with van der Waals surface area (Å²) in [4.78, 5) is 13.0. The third kappa shape index (κ3) is 1.70. The van der Waals surface area contributed by atoms with E-state index >= 15 is 0 Å². The number of carbonyl (C=O) groups excluding carboxylic acids is 1. The van der Waals surface area contributed by atoms with Gasteiger partial charge in [-0.2, -0.15) is 0 Å². The summed E-state index contributed by atoms with van der Waals surface area (Å²) in [7, 11) is 0. The molecule has 2 atom stereocenters. The highest BCUT2D eigenvalue weighted by atomic mass is 16.2. The zero-order chi connectivity index (χ0) is 8.43. The number of nitrogens with two attached hydrogens (primary N) is 1. The van der Waals surface area contributed by atoms with Crippen LogP contribution in [0.3, 0.4) is 0 Å². The third-order valence-corrected chi connectivity index (χ3v) is 1.95. The van der Waals surface area contributed by atoms with Crippen molar-refractivity contribution in [1.29, 1.82) is 0 Å². The van der Waals surface area contributed by atoms with Crippen LogP contribution in [0.2, 0.25) is 0 Å². The number of rotatable bonds is 1. The first-order valence-electron chi connectivity index (χ1n) is 3.92. The molecule has 1 fully saturated rings. The molecule has 1 heterocycles. The lowest BCUT2D eigenvalue weighted by Crippen LogP contribution is -2.58. The van der Waals surface area contributed by atoms with E-state index in [1.807, 2.05) is 13.8 Å². The minimum Gasteiger partial charge on any atom is -0.325 e. The van der Waals surface area contributed by atoms with E-state index in [1.54, 1.807) is 4.90 Å². The van der Waals surface area contributed by atoms with Gasteiger partial charge in [-0.1, -0.05) is 0 Å². The Morgan fingerprint density at radius 1 is 1.82 bits per heavy atom. The Kier molecular flexibility index (Phi) is 2.46. The Balaban J connectivity index is 2.58. The van der Waals surface area contributed by atoms with Crippen molar-refractivity contribution in [3.05, 3.63) is 0 Å². The van der Waals surface area contributed by atoms with Crippen molar-refractivity contribution in [2.75, 3.05) is 13.1 Å². The monoisotopic (exact) mass is 157 g/mol. The number of carbonyl (C=O) groups is 1. The number of nitrogens with one attached hydrogen (secondary N) is 1. The highest BCUT2D eigenvalue weighted by Crippen LogP contribution is 2.02. The van der Waals surface area contributed by atoms with Crippen LogP contribution in [0.15, 0.2) is 0 Å². The van der Waals surface area contributed by atoms with Crippen molar-refractivity contribution in [1.82, 2.24) is 10.2 Å². The molecule has 2 unspecified atom stereocenters. The molecule has 0 aromatic heterocycles. The quantitative estimate of drug-likeness (QED) is 0.519. The van der Waals surface area contributed by atoms with E-state index < -0.39 is 0 Å². The largest absolute Gasteiger partial charge is 0.325 e. The lowest BCUT2D eigenvalue weighted by Gasteiger charge is -2.34. The molecule has 0 bridgehead atoms. The minimum absolute atomic E-state index is 0.0743. The highest BCUT2D eigenvalue weighted by molar-refractivity contribution is 5.82. The van der Waals surface area contributed by atoms with Crippen LogP contribution in [-0.4, -0.2) is 36.1 Å². The summed E-state index contributed by atoms with van der Waals surface area (Å²) in [5.41, 5.74) is 5.60. The maximum Gasteiger partial charge on any atom is 0.240 e. The van der Waals surface area contributed by atoms with Gasteiger partial charge in [0.25, 0.3) is 0 Å². The molecular formula is C7H15N3O. The molecule has 0 aromatic carbocycles. The highest BCUT2D eigenvalue weighted by Gasteiger charge is 2.26. The van der Waals surface area contributed by atoms with Crippen LogP contribution in [0.4, 0.5) is 0 Å². The number of hydrogen-bond donors (Lipinski definition) is 2. The summed E-state index contributed by atoms with van der Waals surface area (Å²) >= 11 is 0. The molecule has 4 nitrogen and oxygen atoms in total. The summed E-state index contributed by atoms with van der Waals surface area (Å²) in [5, 5.41) is 3.07. The summed E-state index contributed by atoms with van der Waals surface area (Å²) in [5.74, 6) is 0.103. The molecule has 11 heavy (non-hydrogen) atoms. The molecule has 0 saturated carbocycles. The molecule has 0 spiro atoms. The molecule has 1 rings (SSSR count). The summed E-state index contributed by atoms with van der Waals surface area (Å²) in [6, 6.07) is -0.0743. The molecule has 0 radical (unpaired) electrons. The van der Waals surface area contributed by atoms with E-state index in [-0.39, 0.29) is 18.1 Å². The second-order valence-electron chi connectivity index (χ2n) is 2.95. The van der Waals surface area contributed by atoms with E-state index in [1.165, 1.54) is 0 Å². The van der Waals surface area contributed by atoms with Gasteiger partial charge >= 0.3 is 0 Å². The van der Waals surface area contributed by atoms with E-state index in [9.17, 15) is 4.79 Å². The Bertz CT molecular complexity index is 158. The first kappa shape index (κ1) is 8.49. The lowest BCUT2D eigenvalue weighted by atomic mass is 10.2. The molecule has 64 valence electrons. The Morgan fingerprint density at radius 3 is 2.91 bits per heavy atom. The van der Waals surface area contributed by atoms with Gasteiger partial charge in [0.1, 0.15) is 0 Å². The van der Waals surface area contributed by atoms with Gasteiger partial charge in [0.05, 0.1) is 12.2 Å². The maximum absolute atomic E-state index is 11.4. The Hall–Kier alpha value is -0.610. The normalized spacial score (nSPS) is 28.8. The van der Waals surface area contributed by atoms with E-state index in [0.717, 1.165) is 13.1 Å². The van der Waals surface area contributed by atoms with E-state index in [0.29, 0.717) is 0 Å². The first-order chi connectivity index (χ1) is 5.13. The predicted octanol–water partition coefficient (Wildman–Crippen LogP) is -0.889. The second kappa shape index (κ2) is 3.19. The number of hydrogen-bond acceptors (Lipinski definition) is 3. The van der Waals surface area contributed by atoms with Crippen LogP contribution in [0, 0.1) is 0 Å². The summed E-state index contributed by atoms with van der Waals surface area (Å²) in [6.45, 7) is 5.25. The number of nitrogens with zero attached hydrogens (tertiary/aromatic N) is 1. The Morgan fingerprint density at radius 2 is 2.45 bits per heavy atom. The standard InChI is InChI=1S/C7H15N3O/c1-5-7(11)10(6(2)8)4-3-9-5/h5-6,9H,3-4,8H2,1-2H3. The van der Waals surface area contributed by atoms with Crippen molar-refractivity contribution in [3.63, 3.8) is 0 Å². The fraction of sp³-hybridized carbons (Fsp3) is 0.857. The van der Waals surface area contributed by atoms with Gasteiger partial charge in [0.2, 0.25) is 5.91 Å². The summed E-state index contributed by atoms with van der Waals surface area (Å²) in [6.07, 6.45) is -0.160. The molecule has 1 aliphatic heterocycles. The van der Waals surface area contributed by atoms with Crippen LogP contribution in [-0.2, 0) is 4.79 Å². The molecule has 0 aliphatic carbocycles. The van der Waals surface area contributed by atoms with Gasteiger partial charge in [-0.15, -0.1) is 0 Å². The average Bonchev–Trinajstić information content (AvgIpc) is 1.94. The second-order valence-corrected chi connectivity index (χ2v) is 2.95. The third-order valence-electron chi connectivity index (χ3n) is 1.95. The predicted molar refractivity (Wildman–Crippen MR) is 42.8 cm³/mol. The van der Waals surface area contributed by atoms with Crippen LogP contribution in [0.1, 0.15) is 13.8 Å². The van der Waals surface area contributed by atoms with E-state index in [4.69, 9.17) is 5.73 Å². The van der Waals surface area contributed by atoms with Gasteiger partial charge in [-0.3, -0.25) is 4.79 Å². The molecule has 0 aromatic rings. The first-order valence-corrected chi connectivity index (χ1v) is 3.92. The number of amides is 1. The van der Waals surface area contributed by atoms with E-state index in [2.05, 4.69) is 5.32 Å². The van der Waals surface area contributed by atoms with Gasteiger partial charge in [-0.05, 0) is 13.8 Å². The van der Waals surface area contributed by atoms with Crippen LogP contribution in [0.25, 0.3) is 0 Å². The van der Waals surface area contributed by atoms with Crippen LogP contribution >= 0.6 is 0 Å². The SMILES string of the molecule is CC1NCCN(C(C)N)C1=O. The van der Waals surface area contributed by atoms with Crippen molar-refractivity contribution >= 4 is 5.91 Å². The Labute approximate surface area is 66.7 Å². The van der Waals surface area contributed by atoms with Crippen LogP contribution < -0.4 is 11.1 Å². The smallest absolute Gasteiger partial charge is 0.240 e. The molecule has 1 aliphatic rings. The maximum atomic E-state index is 11.4. The minimum atomic E-state index is -0.160. The molecular weight excluding hydrogens is 142 g/mol. The average molecular weight is 157 g/mol. The number of piperazine rings is 1. The van der Waals surface area contributed by atoms with Crippen molar-refractivity contribution < 1.29 is 4.79 Å². The zero-order valence-corrected chi connectivity index (χ0v) is 7.00. The zero-order valence-electron chi connectivity index (χ0n) is 7.00. The van der Waals surface area contributed by atoms with Gasteiger partial charge in [0.15, 0.2) is 0 Å². The molecule has 1 saturated heterocycles. The molecule has 3 N–H and O–H groups in total. The fourth-order valence-corrected chi connectivity index (χ4v) is 1.25.